The SMILES string of the molecule is CCC1(C)CC(=O)N(CN2CCN(S(=O)(=O)Cc3ccccc3)CC2)C(=O)C1. The summed E-state index contributed by atoms with van der Waals surface area (Å²) in [4.78, 5) is 28.2. The molecule has 2 saturated heterocycles. The van der Waals surface area contributed by atoms with Gasteiger partial charge < -0.3 is 0 Å². The summed E-state index contributed by atoms with van der Waals surface area (Å²) >= 11 is 0. The molecule has 2 aliphatic heterocycles. The number of hydrogen-bond donors (Lipinski definition) is 0. The zero-order valence-corrected chi connectivity index (χ0v) is 17.5. The molecule has 0 unspecified atom stereocenters. The maximum Gasteiger partial charge on any atom is 0.230 e. The molecule has 0 bridgehead atoms. The number of carbonyl (C=O) groups excluding carboxylic acids is 2. The van der Waals surface area contributed by atoms with Gasteiger partial charge in [0.25, 0.3) is 0 Å². The maximum absolute atomic E-state index is 12.6. The summed E-state index contributed by atoms with van der Waals surface area (Å²) in [5.74, 6) is -0.258. The van der Waals surface area contributed by atoms with Crippen LogP contribution in [0.4, 0.5) is 0 Å². The first-order valence-electron chi connectivity index (χ1n) is 9.80. The zero-order valence-electron chi connectivity index (χ0n) is 16.6. The maximum atomic E-state index is 12.6. The van der Waals surface area contributed by atoms with E-state index in [0.29, 0.717) is 39.0 Å². The van der Waals surface area contributed by atoms with Crippen LogP contribution in [0, 0.1) is 5.41 Å². The van der Waals surface area contributed by atoms with Crippen molar-refractivity contribution in [2.45, 2.75) is 38.9 Å². The first-order valence-corrected chi connectivity index (χ1v) is 11.4. The van der Waals surface area contributed by atoms with E-state index in [0.717, 1.165) is 12.0 Å². The predicted molar refractivity (Wildman–Crippen MR) is 107 cm³/mol. The number of sulfonamides is 1. The molecule has 154 valence electrons. The molecular formula is C20H29N3O4S. The van der Waals surface area contributed by atoms with Crippen molar-refractivity contribution < 1.29 is 18.0 Å². The zero-order chi connectivity index (χ0) is 20.4. The molecular weight excluding hydrogens is 378 g/mol. The lowest BCUT2D eigenvalue weighted by molar-refractivity contribution is -0.156. The molecule has 0 aromatic heterocycles. The van der Waals surface area contributed by atoms with Gasteiger partial charge in [0.2, 0.25) is 21.8 Å². The van der Waals surface area contributed by atoms with Crippen LogP contribution in [0.3, 0.4) is 0 Å². The van der Waals surface area contributed by atoms with Crippen LogP contribution in [0.2, 0.25) is 0 Å². The highest BCUT2D eigenvalue weighted by Crippen LogP contribution is 2.35. The first-order chi connectivity index (χ1) is 13.2. The Morgan fingerprint density at radius 2 is 1.54 bits per heavy atom. The molecule has 0 aliphatic carbocycles. The fraction of sp³-hybridized carbons (Fsp3) is 0.600. The minimum absolute atomic E-state index is 0.00740. The molecule has 0 saturated carbocycles. The van der Waals surface area contributed by atoms with E-state index in [9.17, 15) is 18.0 Å². The number of piperazine rings is 1. The van der Waals surface area contributed by atoms with Crippen molar-refractivity contribution >= 4 is 21.8 Å². The predicted octanol–water partition coefficient (Wildman–Crippen LogP) is 1.66. The fourth-order valence-corrected chi connectivity index (χ4v) is 5.27. The minimum atomic E-state index is -3.37. The number of carbonyl (C=O) groups is 2. The van der Waals surface area contributed by atoms with Crippen molar-refractivity contribution in [1.29, 1.82) is 0 Å². The van der Waals surface area contributed by atoms with Crippen LogP contribution in [-0.4, -0.2) is 67.2 Å². The molecule has 0 atom stereocenters. The van der Waals surface area contributed by atoms with E-state index in [-0.39, 0.29) is 29.7 Å². The summed E-state index contributed by atoms with van der Waals surface area (Å²) in [6.07, 6.45) is 1.58. The molecule has 1 aromatic carbocycles. The second-order valence-corrected chi connectivity index (χ2v) is 10.1. The van der Waals surface area contributed by atoms with Crippen molar-refractivity contribution in [3.8, 4) is 0 Å². The Labute approximate surface area is 167 Å². The van der Waals surface area contributed by atoms with Gasteiger partial charge in [-0.05, 0) is 17.4 Å². The van der Waals surface area contributed by atoms with Gasteiger partial charge in [0, 0.05) is 39.0 Å². The minimum Gasteiger partial charge on any atom is -0.283 e. The fourth-order valence-electron chi connectivity index (χ4n) is 3.76. The number of nitrogens with zero attached hydrogens (tertiary/aromatic N) is 3. The number of imide groups is 1. The summed E-state index contributed by atoms with van der Waals surface area (Å²) in [6, 6.07) is 9.15. The van der Waals surface area contributed by atoms with Gasteiger partial charge in [-0.1, -0.05) is 44.2 Å². The van der Waals surface area contributed by atoms with Gasteiger partial charge >= 0.3 is 0 Å². The lowest BCUT2D eigenvalue weighted by atomic mass is 9.77. The molecule has 0 spiro atoms. The van der Waals surface area contributed by atoms with Crippen LogP contribution >= 0.6 is 0 Å². The molecule has 3 rings (SSSR count). The highest BCUT2D eigenvalue weighted by molar-refractivity contribution is 7.88. The van der Waals surface area contributed by atoms with E-state index in [2.05, 4.69) is 0 Å². The largest absolute Gasteiger partial charge is 0.283 e. The van der Waals surface area contributed by atoms with Crippen molar-refractivity contribution in [3.05, 3.63) is 35.9 Å². The Hall–Kier alpha value is -1.77. The summed E-state index contributed by atoms with van der Waals surface area (Å²) < 4.78 is 26.8. The van der Waals surface area contributed by atoms with E-state index in [4.69, 9.17) is 0 Å². The summed E-state index contributed by atoms with van der Waals surface area (Å²) in [5.41, 5.74) is 0.530. The van der Waals surface area contributed by atoms with Gasteiger partial charge in [-0.3, -0.25) is 19.4 Å². The van der Waals surface area contributed by atoms with E-state index in [1.807, 2.05) is 49.1 Å². The van der Waals surface area contributed by atoms with Crippen molar-refractivity contribution in [3.63, 3.8) is 0 Å². The molecule has 0 radical (unpaired) electrons. The molecule has 0 N–H and O–H groups in total. The van der Waals surface area contributed by atoms with Crippen molar-refractivity contribution in [1.82, 2.24) is 14.1 Å². The molecule has 2 aliphatic rings. The van der Waals surface area contributed by atoms with Crippen LogP contribution < -0.4 is 0 Å². The average molecular weight is 408 g/mol. The molecule has 8 heteroatoms. The van der Waals surface area contributed by atoms with Gasteiger partial charge in [-0.25, -0.2) is 8.42 Å². The number of piperidine rings is 1. The van der Waals surface area contributed by atoms with Crippen LogP contribution in [0.1, 0.15) is 38.7 Å². The first kappa shape index (κ1) is 21.0. The van der Waals surface area contributed by atoms with Crippen molar-refractivity contribution in [2.75, 3.05) is 32.8 Å². The Kier molecular flexibility index (Phi) is 6.21. The van der Waals surface area contributed by atoms with Gasteiger partial charge in [0.15, 0.2) is 0 Å². The van der Waals surface area contributed by atoms with Crippen LogP contribution in [0.25, 0.3) is 0 Å². The Morgan fingerprint density at radius 3 is 2.07 bits per heavy atom. The number of hydrogen-bond acceptors (Lipinski definition) is 5. The van der Waals surface area contributed by atoms with Crippen LogP contribution in [0.5, 0.6) is 0 Å². The normalized spacial score (nSPS) is 21.9. The quantitative estimate of drug-likeness (QED) is 0.670. The summed E-state index contributed by atoms with van der Waals surface area (Å²) in [5, 5.41) is 0. The Morgan fingerprint density at radius 1 is 0.964 bits per heavy atom. The third-order valence-corrected chi connectivity index (χ3v) is 7.72. The van der Waals surface area contributed by atoms with Gasteiger partial charge in [0.1, 0.15) is 0 Å². The Bertz CT molecular complexity index is 799. The number of rotatable bonds is 6. The van der Waals surface area contributed by atoms with Gasteiger partial charge in [0.05, 0.1) is 12.4 Å². The van der Waals surface area contributed by atoms with Crippen LogP contribution in [-0.2, 0) is 25.4 Å². The van der Waals surface area contributed by atoms with Crippen LogP contribution in [0.15, 0.2) is 30.3 Å². The second-order valence-electron chi connectivity index (χ2n) is 8.13. The summed E-state index contributed by atoms with van der Waals surface area (Å²) in [7, 11) is -3.37. The smallest absolute Gasteiger partial charge is 0.230 e. The molecule has 2 heterocycles. The molecule has 2 amide bonds. The van der Waals surface area contributed by atoms with E-state index >= 15 is 0 Å². The number of amides is 2. The molecule has 28 heavy (non-hydrogen) atoms. The highest BCUT2D eigenvalue weighted by Gasteiger charge is 2.40. The monoisotopic (exact) mass is 407 g/mol. The average Bonchev–Trinajstić information content (AvgIpc) is 2.65. The number of benzene rings is 1. The third-order valence-electron chi connectivity index (χ3n) is 5.87. The standard InChI is InChI=1S/C20H29N3O4S/c1-3-20(2)13-18(24)23(19(25)14-20)16-21-9-11-22(12-10-21)28(26,27)15-17-7-5-4-6-8-17/h4-8H,3,9-16H2,1-2H3. The third kappa shape index (κ3) is 4.79. The highest BCUT2D eigenvalue weighted by atomic mass is 32.2. The molecule has 2 fully saturated rings. The van der Waals surface area contributed by atoms with Gasteiger partial charge in [-0.15, -0.1) is 0 Å². The Balaban J connectivity index is 1.54. The van der Waals surface area contributed by atoms with E-state index in [1.165, 1.54) is 9.21 Å². The summed E-state index contributed by atoms with van der Waals surface area (Å²) in [6.45, 7) is 6.01. The molecule has 7 nitrogen and oxygen atoms in total. The van der Waals surface area contributed by atoms with E-state index < -0.39 is 10.0 Å². The lowest BCUT2D eigenvalue weighted by Crippen LogP contribution is -2.55. The lowest BCUT2D eigenvalue weighted by Gasteiger charge is -2.40. The topological polar surface area (TPSA) is 78.0 Å². The van der Waals surface area contributed by atoms with Crippen molar-refractivity contribution in [2.24, 2.45) is 5.41 Å². The van der Waals surface area contributed by atoms with Gasteiger partial charge in [-0.2, -0.15) is 4.31 Å². The van der Waals surface area contributed by atoms with E-state index in [1.54, 1.807) is 0 Å². The number of likely N-dealkylation sites (tertiary alicyclic amines) is 1. The second kappa shape index (κ2) is 8.31. The molecule has 1 aromatic rings.